The fraction of sp³-hybridized carbons (Fsp3) is 0.529. The summed E-state index contributed by atoms with van der Waals surface area (Å²) in [6.45, 7) is 8.14. The molecule has 0 aromatic heterocycles. The molecule has 1 aromatic rings. The molecule has 6 nitrogen and oxygen atoms in total. The lowest BCUT2D eigenvalue weighted by molar-refractivity contribution is 0.0534. The van der Waals surface area contributed by atoms with E-state index in [0.717, 1.165) is 16.7 Å². The topological polar surface area (TPSA) is 76.7 Å². The number of hydrogen-bond donors (Lipinski definition) is 2. The van der Waals surface area contributed by atoms with Crippen molar-refractivity contribution in [2.24, 2.45) is 0 Å². The van der Waals surface area contributed by atoms with Gasteiger partial charge in [0.15, 0.2) is 0 Å². The largest absolute Gasteiger partial charge is 0.457 e. The molecule has 2 rings (SSSR count). The Morgan fingerprint density at radius 2 is 2.09 bits per heavy atom. The normalized spacial score (nSPS) is 14.9. The van der Waals surface area contributed by atoms with Gasteiger partial charge in [0, 0.05) is 11.1 Å². The van der Waals surface area contributed by atoms with E-state index in [0.29, 0.717) is 12.2 Å². The first-order chi connectivity index (χ1) is 10.7. The summed E-state index contributed by atoms with van der Waals surface area (Å²) in [6, 6.07) is 3.50. The van der Waals surface area contributed by atoms with E-state index in [2.05, 4.69) is 10.6 Å². The minimum Gasteiger partial charge on any atom is -0.457 e. The predicted molar refractivity (Wildman–Crippen MR) is 86.3 cm³/mol. The fourth-order valence-electron chi connectivity index (χ4n) is 2.58. The fourth-order valence-corrected chi connectivity index (χ4v) is 2.58. The first-order valence-corrected chi connectivity index (χ1v) is 7.64. The molecule has 1 amide bonds. The van der Waals surface area contributed by atoms with Crippen LogP contribution in [-0.2, 0) is 16.1 Å². The van der Waals surface area contributed by atoms with Crippen molar-refractivity contribution in [2.75, 3.05) is 13.7 Å². The third kappa shape index (κ3) is 4.01. The van der Waals surface area contributed by atoms with E-state index in [1.54, 1.807) is 6.07 Å². The number of ether oxygens (including phenoxy) is 2. The molecule has 1 aliphatic rings. The maximum absolute atomic E-state index is 11.8. The number of carbonyl (C=O) groups is 2. The molecule has 23 heavy (non-hydrogen) atoms. The number of likely N-dealkylation sites (N-methyl/N-ethyl adjacent to an activating group) is 1. The summed E-state index contributed by atoms with van der Waals surface area (Å²) in [6.07, 6.45) is -0.449. The molecule has 0 unspecified atom stereocenters. The van der Waals surface area contributed by atoms with Crippen molar-refractivity contribution < 1.29 is 19.1 Å². The molecule has 2 N–H and O–H groups in total. The quantitative estimate of drug-likeness (QED) is 0.833. The summed E-state index contributed by atoms with van der Waals surface area (Å²) in [4.78, 5) is 23.4. The number of rotatable bonds is 4. The molecule has 1 heterocycles. The second-order valence-electron chi connectivity index (χ2n) is 6.70. The molecule has 0 fully saturated rings. The zero-order valence-corrected chi connectivity index (χ0v) is 14.3. The summed E-state index contributed by atoms with van der Waals surface area (Å²) in [7, 11) is 1.81. The van der Waals surface area contributed by atoms with Crippen LogP contribution in [0.15, 0.2) is 12.1 Å². The Balaban J connectivity index is 2.10. The number of esters is 1. The Kier molecular flexibility index (Phi) is 4.94. The summed E-state index contributed by atoms with van der Waals surface area (Å²) in [5.41, 5.74) is 3.17. The van der Waals surface area contributed by atoms with Crippen LogP contribution in [0.5, 0.6) is 0 Å². The van der Waals surface area contributed by atoms with Crippen LogP contribution in [0.2, 0.25) is 0 Å². The number of fused-ring (bicyclic) bond motifs is 1. The van der Waals surface area contributed by atoms with Gasteiger partial charge >= 0.3 is 12.1 Å². The van der Waals surface area contributed by atoms with Crippen LogP contribution in [0.4, 0.5) is 4.79 Å². The molecule has 0 saturated heterocycles. The highest BCUT2D eigenvalue weighted by Crippen LogP contribution is 2.29. The van der Waals surface area contributed by atoms with E-state index in [1.165, 1.54) is 0 Å². The van der Waals surface area contributed by atoms with E-state index in [-0.39, 0.29) is 24.2 Å². The van der Waals surface area contributed by atoms with Gasteiger partial charge in [0.2, 0.25) is 0 Å². The van der Waals surface area contributed by atoms with Crippen molar-refractivity contribution >= 4 is 12.1 Å². The number of carbonyl (C=O) groups excluding carboxylic acids is 2. The highest BCUT2D eigenvalue weighted by atomic mass is 16.5. The third-order valence-corrected chi connectivity index (χ3v) is 3.79. The zero-order chi connectivity index (χ0) is 17.2. The highest BCUT2D eigenvalue weighted by Gasteiger charge is 2.26. The van der Waals surface area contributed by atoms with Crippen LogP contribution in [0, 0.1) is 6.92 Å². The van der Waals surface area contributed by atoms with Crippen molar-refractivity contribution in [3.63, 3.8) is 0 Å². The van der Waals surface area contributed by atoms with E-state index in [9.17, 15) is 9.59 Å². The summed E-state index contributed by atoms with van der Waals surface area (Å²) >= 11 is 0. The first-order valence-electron chi connectivity index (χ1n) is 7.64. The van der Waals surface area contributed by atoms with Crippen molar-refractivity contribution in [2.45, 2.75) is 45.9 Å². The number of cyclic esters (lactones) is 1. The van der Waals surface area contributed by atoms with Crippen LogP contribution in [0.3, 0.4) is 0 Å². The molecule has 0 spiro atoms. The van der Waals surface area contributed by atoms with E-state index in [4.69, 9.17) is 9.47 Å². The standard InChI is InChI=1S/C17H24N2O4/c1-10-11(6-7-12-13(10)8-22-15(12)20)14(18-5)9-23-16(21)19-17(2,3)4/h6-7,14,18H,8-9H2,1-5H3,(H,19,21)/t14-/m0/s1. The maximum atomic E-state index is 11.8. The summed E-state index contributed by atoms with van der Waals surface area (Å²) < 4.78 is 10.4. The molecular formula is C17H24N2O4. The van der Waals surface area contributed by atoms with Gasteiger partial charge < -0.3 is 20.1 Å². The first kappa shape index (κ1) is 17.3. The molecule has 1 aromatic carbocycles. The number of alkyl carbamates (subject to hydrolysis) is 1. The lowest BCUT2D eigenvalue weighted by Gasteiger charge is -2.23. The maximum Gasteiger partial charge on any atom is 0.407 e. The van der Waals surface area contributed by atoms with E-state index >= 15 is 0 Å². The van der Waals surface area contributed by atoms with Crippen molar-refractivity contribution in [3.8, 4) is 0 Å². The van der Waals surface area contributed by atoms with Gasteiger partial charge in [0.1, 0.15) is 13.2 Å². The van der Waals surface area contributed by atoms with Crippen LogP contribution >= 0.6 is 0 Å². The molecule has 0 saturated carbocycles. The molecular weight excluding hydrogens is 296 g/mol. The van der Waals surface area contributed by atoms with Gasteiger partial charge in [-0.2, -0.15) is 0 Å². The molecule has 0 bridgehead atoms. The number of benzene rings is 1. The Morgan fingerprint density at radius 1 is 1.39 bits per heavy atom. The Bertz CT molecular complexity index is 620. The van der Waals surface area contributed by atoms with E-state index in [1.807, 2.05) is 40.8 Å². The van der Waals surface area contributed by atoms with Gasteiger partial charge in [-0.1, -0.05) is 6.07 Å². The van der Waals surface area contributed by atoms with Crippen molar-refractivity contribution in [3.05, 3.63) is 34.4 Å². The molecule has 0 aliphatic carbocycles. The van der Waals surface area contributed by atoms with Crippen LogP contribution < -0.4 is 10.6 Å². The van der Waals surface area contributed by atoms with Gasteiger partial charge in [-0.3, -0.25) is 0 Å². The smallest absolute Gasteiger partial charge is 0.407 e. The lowest BCUT2D eigenvalue weighted by atomic mass is 9.94. The second kappa shape index (κ2) is 6.58. The second-order valence-corrected chi connectivity index (χ2v) is 6.70. The minimum atomic E-state index is -0.449. The van der Waals surface area contributed by atoms with E-state index < -0.39 is 6.09 Å². The van der Waals surface area contributed by atoms with Crippen LogP contribution in [0.25, 0.3) is 0 Å². The van der Waals surface area contributed by atoms with Crippen LogP contribution in [0.1, 0.15) is 53.9 Å². The Morgan fingerprint density at radius 3 is 2.70 bits per heavy atom. The molecule has 1 atom stereocenters. The monoisotopic (exact) mass is 320 g/mol. The third-order valence-electron chi connectivity index (χ3n) is 3.79. The Hall–Kier alpha value is -2.08. The van der Waals surface area contributed by atoms with Crippen molar-refractivity contribution in [1.29, 1.82) is 0 Å². The van der Waals surface area contributed by atoms with Crippen molar-refractivity contribution in [1.82, 2.24) is 10.6 Å². The van der Waals surface area contributed by atoms with Gasteiger partial charge in [-0.15, -0.1) is 0 Å². The molecule has 6 heteroatoms. The number of amides is 1. The summed E-state index contributed by atoms with van der Waals surface area (Å²) in [5.74, 6) is -0.281. The average Bonchev–Trinajstić information content (AvgIpc) is 2.82. The average molecular weight is 320 g/mol. The number of hydrogen-bond acceptors (Lipinski definition) is 5. The van der Waals surface area contributed by atoms with Crippen LogP contribution in [-0.4, -0.2) is 31.3 Å². The SMILES string of the molecule is CN[C@@H](COC(=O)NC(C)(C)C)c1ccc2c(c1C)COC2=O. The Labute approximate surface area is 136 Å². The van der Waals surface area contributed by atoms with Gasteiger partial charge in [0.25, 0.3) is 0 Å². The molecule has 1 aliphatic heterocycles. The molecule has 0 radical (unpaired) electrons. The highest BCUT2D eigenvalue weighted by molar-refractivity contribution is 5.94. The molecule has 126 valence electrons. The zero-order valence-electron chi connectivity index (χ0n) is 14.3. The summed E-state index contributed by atoms with van der Waals surface area (Å²) in [5, 5.41) is 5.91. The van der Waals surface area contributed by atoms with Gasteiger partial charge in [0.05, 0.1) is 11.6 Å². The number of nitrogens with one attached hydrogen (secondary N) is 2. The minimum absolute atomic E-state index is 0.151. The van der Waals surface area contributed by atoms with Gasteiger partial charge in [-0.25, -0.2) is 9.59 Å². The predicted octanol–water partition coefficient (Wildman–Crippen LogP) is 2.45. The van der Waals surface area contributed by atoms with Gasteiger partial charge in [-0.05, 0) is 51.9 Å². The lowest BCUT2D eigenvalue weighted by Crippen LogP contribution is -2.41.